The lowest BCUT2D eigenvalue weighted by molar-refractivity contribution is -0.158. The summed E-state index contributed by atoms with van der Waals surface area (Å²) in [4.78, 5) is 51.6. The van der Waals surface area contributed by atoms with Gasteiger partial charge >= 0.3 is 12.2 Å². The van der Waals surface area contributed by atoms with E-state index in [4.69, 9.17) is 0 Å². The van der Waals surface area contributed by atoms with Crippen molar-refractivity contribution in [3.05, 3.63) is 59.7 Å². The molecule has 184 valence electrons. The molecule has 0 radical (unpaired) electrons. The van der Waals surface area contributed by atoms with Gasteiger partial charge in [-0.3, -0.25) is 24.2 Å². The van der Waals surface area contributed by atoms with Crippen LogP contribution in [0, 0.1) is 11.6 Å². The summed E-state index contributed by atoms with van der Waals surface area (Å²) in [5, 5.41) is 4.58. The third-order valence-corrected chi connectivity index (χ3v) is 5.84. The smallest absolute Gasteiger partial charge is 0.324 e. The molecule has 0 bridgehead atoms. The highest BCUT2D eigenvalue weighted by Gasteiger charge is 2.53. The van der Waals surface area contributed by atoms with Crippen LogP contribution in [0.15, 0.2) is 42.5 Å². The van der Waals surface area contributed by atoms with Crippen LogP contribution in [0.4, 0.5) is 38.1 Å². The van der Waals surface area contributed by atoms with E-state index in [0.29, 0.717) is 15.9 Å². The molecule has 2 aliphatic rings. The van der Waals surface area contributed by atoms with Crippen molar-refractivity contribution >= 4 is 35.1 Å². The quantitative estimate of drug-likeness (QED) is 0.504. The average Bonchev–Trinajstić information content (AvgIpc) is 2.91. The second-order valence-corrected chi connectivity index (χ2v) is 8.17. The van der Waals surface area contributed by atoms with Gasteiger partial charge in [0.15, 0.2) is 11.6 Å². The molecular weight excluding hydrogens is 479 g/mol. The number of carbonyl (C=O) groups is 4. The van der Waals surface area contributed by atoms with Crippen LogP contribution in [-0.4, -0.2) is 47.4 Å². The molecule has 2 aromatic rings. The molecule has 35 heavy (non-hydrogen) atoms. The van der Waals surface area contributed by atoms with Gasteiger partial charge in [0.2, 0.25) is 11.8 Å². The molecule has 2 heterocycles. The van der Waals surface area contributed by atoms with E-state index in [0.717, 1.165) is 12.1 Å². The summed E-state index contributed by atoms with van der Waals surface area (Å²) in [6.45, 7) is 0.0891. The highest BCUT2D eigenvalue weighted by Crippen LogP contribution is 2.38. The van der Waals surface area contributed by atoms with Gasteiger partial charge in [0, 0.05) is 0 Å². The molecule has 8 nitrogen and oxygen atoms in total. The number of halogens is 5. The zero-order chi connectivity index (χ0) is 25.7. The zero-order valence-electron chi connectivity index (χ0n) is 18.0. The molecule has 4 rings (SSSR count). The topological polar surface area (TPSA) is 98.8 Å². The third-order valence-electron chi connectivity index (χ3n) is 5.84. The van der Waals surface area contributed by atoms with Crippen molar-refractivity contribution in [1.29, 1.82) is 0 Å². The largest absolute Gasteiger partial charge is 0.409 e. The number of hydrogen-bond acceptors (Lipinski definition) is 4. The van der Waals surface area contributed by atoms with Gasteiger partial charge in [0.25, 0.3) is 5.91 Å². The third kappa shape index (κ3) is 4.17. The van der Waals surface area contributed by atoms with Crippen molar-refractivity contribution in [2.45, 2.75) is 31.1 Å². The summed E-state index contributed by atoms with van der Waals surface area (Å²) in [6, 6.07) is 4.13. The Balaban J connectivity index is 1.68. The predicted molar refractivity (Wildman–Crippen MR) is 111 cm³/mol. The molecule has 1 fully saturated rings. The number of alkyl halides is 3. The average molecular weight is 496 g/mol. The Bertz CT molecular complexity index is 1250. The minimum Gasteiger partial charge on any atom is -0.324 e. The number of rotatable bonds is 3. The first-order chi connectivity index (χ1) is 16.3. The number of hydrogen-bond donors (Lipinski definition) is 2. The molecule has 0 aliphatic carbocycles. The van der Waals surface area contributed by atoms with Crippen LogP contribution in [0.2, 0.25) is 0 Å². The van der Waals surface area contributed by atoms with E-state index >= 15 is 0 Å². The summed E-state index contributed by atoms with van der Waals surface area (Å²) >= 11 is 0. The van der Waals surface area contributed by atoms with E-state index in [1.165, 1.54) is 31.2 Å². The van der Waals surface area contributed by atoms with E-state index in [1.54, 1.807) is 0 Å². The Hall–Kier alpha value is -4.03. The first-order valence-electron chi connectivity index (χ1n) is 10.2. The molecule has 0 spiro atoms. The second-order valence-electron chi connectivity index (χ2n) is 8.17. The fraction of sp³-hybridized carbons (Fsp3) is 0.273. The number of imide groups is 1. The summed E-state index contributed by atoms with van der Waals surface area (Å²) in [7, 11) is 0. The molecule has 5 amide bonds. The molecule has 2 atom stereocenters. The highest BCUT2D eigenvalue weighted by molar-refractivity contribution is 6.12. The lowest BCUT2D eigenvalue weighted by Gasteiger charge is -2.32. The highest BCUT2D eigenvalue weighted by atomic mass is 19.4. The number of amides is 5. The SMILES string of the molecule is CC1(c2ccc(F)c(F)c2)NC(=O)N(CC(=O)N2c3ccccc3NC(=O)CC2C(F)(F)F)C1=O. The summed E-state index contributed by atoms with van der Waals surface area (Å²) in [6.07, 6.45) is -6.11. The van der Waals surface area contributed by atoms with Gasteiger partial charge in [-0.15, -0.1) is 0 Å². The van der Waals surface area contributed by atoms with Crippen molar-refractivity contribution in [1.82, 2.24) is 10.2 Å². The molecule has 0 aromatic heterocycles. The molecule has 2 unspecified atom stereocenters. The molecule has 1 saturated heterocycles. The van der Waals surface area contributed by atoms with Crippen molar-refractivity contribution in [3.8, 4) is 0 Å². The Morgan fingerprint density at radius 3 is 2.43 bits per heavy atom. The lowest BCUT2D eigenvalue weighted by atomic mass is 9.92. The van der Waals surface area contributed by atoms with Crippen molar-refractivity contribution in [2.75, 3.05) is 16.8 Å². The molecule has 2 aliphatic heterocycles. The Morgan fingerprint density at radius 2 is 1.77 bits per heavy atom. The standard InChI is InChI=1S/C22H17F5N4O4/c1-21(11-6-7-12(23)13(24)8-11)19(34)30(20(35)29-21)10-18(33)31-15-5-3-2-4-14(15)28-17(32)9-16(31)22(25,26)27/h2-8,16H,9-10H2,1H3,(H,28,32)(H,29,35). The van der Waals surface area contributed by atoms with Gasteiger partial charge in [-0.2, -0.15) is 13.2 Å². The zero-order valence-corrected chi connectivity index (χ0v) is 18.0. The first kappa shape index (κ1) is 24.1. The number of nitrogens with one attached hydrogen (secondary N) is 2. The van der Waals surface area contributed by atoms with Crippen LogP contribution >= 0.6 is 0 Å². The number of benzene rings is 2. The fourth-order valence-electron chi connectivity index (χ4n) is 4.05. The van der Waals surface area contributed by atoms with Gasteiger partial charge in [0.05, 0.1) is 17.8 Å². The van der Waals surface area contributed by atoms with Crippen LogP contribution in [0.5, 0.6) is 0 Å². The van der Waals surface area contributed by atoms with E-state index in [1.807, 2.05) is 0 Å². The number of para-hydroxylation sites is 2. The lowest BCUT2D eigenvalue weighted by Crippen LogP contribution is -2.53. The minimum atomic E-state index is -5.01. The number of anilines is 2. The van der Waals surface area contributed by atoms with Crippen LogP contribution in [0.1, 0.15) is 18.9 Å². The Kier molecular flexibility index (Phi) is 5.73. The number of urea groups is 1. The van der Waals surface area contributed by atoms with E-state index in [9.17, 15) is 41.1 Å². The van der Waals surface area contributed by atoms with Gasteiger partial charge < -0.3 is 10.6 Å². The first-order valence-corrected chi connectivity index (χ1v) is 10.2. The Morgan fingerprint density at radius 1 is 1.09 bits per heavy atom. The molecule has 0 saturated carbocycles. The normalized spacial score (nSPS) is 22.5. The van der Waals surface area contributed by atoms with Crippen molar-refractivity contribution < 1.29 is 41.1 Å². The van der Waals surface area contributed by atoms with Crippen LogP contribution in [0.25, 0.3) is 0 Å². The van der Waals surface area contributed by atoms with Crippen LogP contribution in [-0.2, 0) is 19.9 Å². The van der Waals surface area contributed by atoms with Gasteiger partial charge in [-0.25, -0.2) is 13.6 Å². The maximum atomic E-state index is 13.9. The molecule has 2 aromatic carbocycles. The Labute approximate surface area is 194 Å². The second kappa shape index (κ2) is 8.32. The summed E-state index contributed by atoms with van der Waals surface area (Å²) in [5.74, 6) is -5.79. The number of carbonyl (C=O) groups excluding carboxylic acids is 4. The van der Waals surface area contributed by atoms with E-state index in [-0.39, 0.29) is 16.9 Å². The maximum Gasteiger partial charge on any atom is 0.409 e. The molecular formula is C22H17F5N4O4. The van der Waals surface area contributed by atoms with E-state index < -0.39 is 66.1 Å². The summed E-state index contributed by atoms with van der Waals surface area (Å²) < 4.78 is 68.7. The fourth-order valence-corrected chi connectivity index (χ4v) is 4.05. The van der Waals surface area contributed by atoms with Gasteiger partial charge in [0.1, 0.15) is 18.1 Å². The minimum absolute atomic E-state index is 0.0542. The van der Waals surface area contributed by atoms with Crippen molar-refractivity contribution in [3.63, 3.8) is 0 Å². The van der Waals surface area contributed by atoms with Gasteiger partial charge in [-0.1, -0.05) is 18.2 Å². The van der Waals surface area contributed by atoms with Crippen LogP contribution < -0.4 is 15.5 Å². The maximum absolute atomic E-state index is 13.9. The summed E-state index contributed by atoms with van der Waals surface area (Å²) in [5.41, 5.74) is -2.35. The van der Waals surface area contributed by atoms with Gasteiger partial charge in [-0.05, 0) is 36.8 Å². The number of fused-ring (bicyclic) bond motifs is 1. The molecule has 13 heteroatoms. The van der Waals surface area contributed by atoms with E-state index in [2.05, 4.69) is 10.6 Å². The molecule has 2 N–H and O–H groups in total. The monoisotopic (exact) mass is 496 g/mol. The number of nitrogens with zero attached hydrogens (tertiary/aromatic N) is 2. The predicted octanol–water partition coefficient (Wildman–Crippen LogP) is 3.04. The van der Waals surface area contributed by atoms with Crippen molar-refractivity contribution in [2.24, 2.45) is 0 Å². The van der Waals surface area contributed by atoms with Crippen LogP contribution in [0.3, 0.4) is 0 Å².